The molecule has 1 aliphatic heterocycles. The van der Waals surface area contributed by atoms with Crippen LogP contribution in [0.1, 0.15) is 54.5 Å². The fraction of sp³-hybridized carbons (Fsp3) is 0.333. The summed E-state index contributed by atoms with van der Waals surface area (Å²) in [5, 5.41) is 3.01. The highest BCUT2D eigenvalue weighted by Gasteiger charge is 2.36. The highest BCUT2D eigenvalue weighted by molar-refractivity contribution is 5.92. The van der Waals surface area contributed by atoms with Crippen LogP contribution in [0, 0.1) is 0 Å². The van der Waals surface area contributed by atoms with Crippen molar-refractivity contribution in [1.82, 2.24) is 4.90 Å². The average Bonchev–Trinajstić information content (AvgIpc) is 3.04. The Hall–Kier alpha value is -3.80. The second-order valence-electron chi connectivity index (χ2n) is 9.48. The largest absolute Gasteiger partial charge is 0.497 e. The fourth-order valence-electron chi connectivity index (χ4n) is 5.25. The molecule has 6 heteroatoms. The lowest BCUT2D eigenvalue weighted by atomic mass is 9.86. The number of aryl methyl sites for hydroxylation is 1. The summed E-state index contributed by atoms with van der Waals surface area (Å²) in [6.45, 7) is 2.43. The molecule has 0 bridgehead atoms. The number of methoxy groups -OCH3 is 1. The lowest BCUT2D eigenvalue weighted by Gasteiger charge is -2.36. The summed E-state index contributed by atoms with van der Waals surface area (Å²) in [5.41, 5.74) is 5.07. The number of amides is 2. The van der Waals surface area contributed by atoms with Crippen molar-refractivity contribution in [3.8, 4) is 11.5 Å². The lowest BCUT2D eigenvalue weighted by molar-refractivity contribution is -0.141. The normalized spacial score (nSPS) is 18.9. The molecule has 1 aliphatic carbocycles. The Bertz CT molecular complexity index is 1250. The molecular weight excluding hydrogens is 452 g/mol. The van der Waals surface area contributed by atoms with Crippen LogP contribution in [-0.4, -0.2) is 29.9 Å². The number of rotatable bonds is 6. The van der Waals surface area contributed by atoms with Gasteiger partial charge in [-0.05, 0) is 72.7 Å². The molecule has 5 rings (SSSR count). The Balaban J connectivity index is 1.38. The van der Waals surface area contributed by atoms with Gasteiger partial charge in [-0.15, -0.1) is 0 Å². The molecule has 0 radical (unpaired) electrons. The van der Waals surface area contributed by atoms with Gasteiger partial charge in [0.2, 0.25) is 5.91 Å². The molecule has 1 heterocycles. The number of fused-ring (bicyclic) bond motifs is 2. The minimum absolute atomic E-state index is 0.0272. The predicted molar refractivity (Wildman–Crippen MR) is 139 cm³/mol. The summed E-state index contributed by atoms with van der Waals surface area (Å²) in [5.74, 6) is 1.39. The highest BCUT2D eigenvalue weighted by Crippen LogP contribution is 2.39. The molecular formula is C30H32N2O4. The molecule has 0 saturated carbocycles. The Morgan fingerprint density at radius 1 is 1.08 bits per heavy atom. The van der Waals surface area contributed by atoms with Crippen molar-refractivity contribution in [1.29, 1.82) is 0 Å². The van der Waals surface area contributed by atoms with Crippen LogP contribution in [0.2, 0.25) is 0 Å². The van der Waals surface area contributed by atoms with Crippen molar-refractivity contribution >= 4 is 17.5 Å². The van der Waals surface area contributed by atoms with Crippen LogP contribution in [0.15, 0.2) is 66.7 Å². The zero-order chi connectivity index (χ0) is 25.1. The standard InChI is InChI=1S/C30H32N2O4/c1-3-27-30(34)32(26-10-6-8-21-7-4-5-9-25(21)26)19-22-18-23(13-16-28(22)36-27)31-29(33)17-20-11-14-24(35-2)15-12-20/h4-5,7,9,11-16,18,26-27H,3,6,8,10,17,19H2,1-2H3,(H,31,33)/t26-,27-/m1/s1. The smallest absolute Gasteiger partial charge is 0.264 e. The van der Waals surface area contributed by atoms with E-state index < -0.39 is 6.10 Å². The molecule has 0 aromatic heterocycles. The van der Waals surface area contributed by atoms with Crippen molar-refractivity contribution in [2.75, 3.05) is 12.4 Å². The number of carbonyl (C=O) groups is 2. The first-order valence-corrected chi connectivity index (χ1v) is 12.7. The summed E-state index contributed by atoms with van der Waals surface area (Å²) in [6.07, 6.45) is 3.38. The Morgan fingerprint density at radius 2 is 1.89 bits per heavy atom. The molecule has 0 saturated heterocycles. The number of carbonyl (C=O) groups excluding carboxylic acids is 2. The van der Waals surface area contributed by atoms with Crippen LogP contribution < -0.4 is 14.8 Å². The quantitative estimate of drug-likeness (QED) is 0.505. The van der Waals surface area contributed by atoms with Gasteiger partial charge in [-0.2, -0.15) is 0 Å². The second-order valence-corrected chi connectivity index (χ2v) is 9.48. The van der Waals surface area contributed by atoms with Crippen molar-refractivity contribution in [3.63, 3.8) is 0 Å². The summed E-state index contributed by atoms with van der Waals surface area (Å²) in [6, 6.07) is 21.6. The third-order valence-electron chi connectivity index (χ3n) is 7.12. The van der Waals surface area contributed by atoms with Crippen molar-refractivity contribution in [2.24, 2.45) is 0 Å². The van der Waals surface area contributed by atoms with E-state index in [1.165, 1.54) is 11.1 Å². The molecule has 1 N–H and O–H groups in total. The van der Waals surface area contributed by atoms with Gasteiger partial charge in [-0.1, -0.05) is 43.3 Å². The van der Waals surface area contributed by atoms with E-state index in [9.17, 15) is 9.59 Å². The minimum atomic E-state index is -0.518. The van der Waals surface area contributed by atoms with Crippen molar-refractivity contribution in [3.05, 3.63) is 89.0 Å². The summed E-state index contributed by atoms with van der Waals surface area (Å²) >= 11 is 0. The van der Waals surface area contributed by atoms with E-state index in [1.54, 1.807) is 7.11 Å². The van der Waals surface area contributed by atoms with Gasteiger partial charge in [0, 0.05) is 11.3 Å². The number of benzene rings is 3. The van der Waals surface area contributed by atoms with E-state index in [4.69, 9.17) is 9.47 Å². The third kappa shape index (κ3) is 4.94. The van der Waals surface area contributed by atoms with E-state index in [-0.39, 0.29) is 24.3 Å². The molecule has 3 aromatic carbocycles. The molecule has 0 spiro atoms. The molecule has 2 amide bonds. The summed E-state index contributed by atoms with van der Waals surface area (Å²) < 4.78 is 11.4. The van der Waals surface area contributed by atoms with Crippen LogP contribution in [0.5, 0.6) is 11.5 Å². The topological polar surface area (TPSA) is 67.9 Å². The van der Waals surface area contributed by atoms with Gasteiger partial charge in [-0.25, -0.2) is 0 Å². The molecule has 6 nitrogen and oxygen atoms in total. The molecule has 0 unspecified atom stereocenters. The highest BCUT2D eigenvalue weighted by atomic mass is 16.5. The van der Waals surface area contributed by atoms with Crippen LogP contribution in [0.25, 0.3) is 0 Å². The number of hydrogen-bond donors (Lipinski definition) is 1. The molecule has 0 fully saturated rings. The van der Waals surface area contributed by atoms with Gasteiger partial charge in [0.15, 0.2) is 6.10 Å². The predicted octanol–water partition coefficient (Wildman–Crippen LogP) is 5.45. The van der Waals surface area contributed by atoms with E-state index in [0.717, 1.165) is 36.1 Å². The second kappa shape index (κ2) is 10.4. The number of anilines is 1. The maximum atomic E-state index is 13.6. The number of nitrogens with zero attached hydrogens (tertiary/aromatic N) is 1. The Kier molecular flexibility index (Phi) is 6.94. The van der Waals surface area contributed by atoms with Crippen LogP contribution in [0.3, 0.4) is 0 Å². The van der Waals surface area contributed by atoms with E-state index >= 15 is 0 Å². The minimum Gasteiger partial charge on any atom is -0.497 e. The van der Waals surface area contributed by atoms with Crippen LogP contribution in [0.4, 0.5) is 5.69 Å². The first-order valence-electron chi connectivity index (χ1n) is 12.7. The number of hydrogen-bond acceptors (Lipinski definition) is 4. The van der Waals surface area contributed by atoms with Crippen LogP contribution >= 0.6 is 0 Å². The van der Waals surface area contributed by atoms with E-state index in [0.29, 0.717) is 24.4 Å². The zero-order valence-corrected chi connectivity index (χ0v) is 20.8. The third-order valence-corrected chi connectivity index (χ3v) is 7.12. The monoisotopic (exact) mass is 484 g/mol. The van der Waals surface area contributed by atoms with E-state index in [2.05, 4.69) is 29.6 Å². The Morgan fingerprint density at radius 3 is 2.67 bits per heavy atom. The first kappa shape index (κ1) is 23.9. The fourth-order valence-corrected chi connectivity index (χ4v) is 5.25. The molecule has 2 atom stereocenters. The van der Waals surface area contributed by atoms with Gasteiger partial charge in [-0.3, -0.25) is 9.59 Å². The van der Waals surface area contributed by atoms with Gasteiger partial charge in [0.05, 0.1) is 26.1 Å². The van der Waals surface area contributed by atoms with Crippen LogP contribution in [-0.2, 0) is 29.0 Å². The van der Waals surface area contributed by atoms with Crippen molar-refractivity contribution in [2.45, 2.75) is 57.7 Å². The number of ether oxygens (including phenoxy) is 2. The van der Waals surface area contributed by atoms with Gasteiger partial charge >= 0.3 is 0 Å². The average molecular weight is 485 g/mol. The maximum absolute atomic E-state index is 13.6. The molecule has 186 valence electrons. The maximum Gasteiger partial charge on any atom is 0.264 e. The van der Waals surface area contributed by atoms with Gasteiger partial charge in [0.25, 0.3) is 5.91 Å². The first-order chi connectivity index (χ1) is 17.6. The zero-order valence-electron chi connectivity index (χ0n) is 20.8. The molecule has 36 heavy (non-hydrogen) atoms. The number of nitrogens with one attached hydrogen (secondary N) is 1. The van der Waals surface area contributed by atoms with Crippen molar-refractivity contribution < 1.29 is 19.1 Å². The Labute approximate surface area is 212 Å². The molecule has 3 aromatic rings. The van der Waals surface area contributed by atoms with Gasteiger partial charge in [0.1, 0.15) is 11.5 Å². The summed E-state index contributed by atoms with van der Waals surface area (Å²) in [7, 11) is 1.62. The molecule has 2 aliphatic rings. The SMILES string of the molecule is CC[C@H]1Oc2ccc(NC(=O)Cc3ccc(OC)cc3)cc2CN([C@@H]2CCCc3ccccc32)C1=O. The van der Waals surface area contributed by atoms with Gasteiger partial charge < -0.3 is 19.7 Å². The summed E-state index contributed by atoms with van der Waals surface area (Å²) in [4.78, 5) is 28.3. The van der Waals surface area contributed by atoms with E-state index in [1.807, 2.05) is 54.3 Å². The lowest BCUT2D eigenvalue weighted by Crippen LogP contribution is -2.42.